The predicted molar refractivity (Wildman–Crippen MR) is 128 cm³/mol. The van der Waals surface area contributed by atoms with Crippen LogP contribution in [-0.4, -0.2) is 37.1 Å². The molecule has 8 nitrogen and oxygen atoms in total. The maximum Gasteiger partial charge on any atom is 0.271 e. The largest absolute Gasteiger partial charge is 0.457 e. The van der Waals surface area contributed by atoms with E-state index >= 15 is 0 Å². The molecular formula is C24H22ClN3O5. The van der Waals surface area contributed by atoms with Gasteiger partial charge >= 0.3 is 0 Å². The van der Waals surface area contributed by atoms with Gasteiger partial charge in [-0.1, -0.05) is 23.7 Å². The van der Waals surface area contributed by atoms with Gasteiger partial charge in [0, 0.05) is 41.9 Å². The minimum Gasteiger partial charge on any atom is -0.457 e. The van der Waals surface area contributed by atoms with E-state index in [1.165, 1.54) is 18.2 Å². The lowest BCUT2D eigenvalue weighted by Crippen LogP contribution is -2.36. The molecule has 1 fully saturated rings. The summed E-state index contributed by atoms with van der Waals surface area (Å²) in [6.07, 6.45) is 2.92. The third-order valence-electron chi connectivity index (χ3n) is 5.28. The quantitative estimate of drug-likeness (QED) is 0.300. The average Bonchev–Trinajstić information content (AvgIpc) is 3.29. The number of halogens is 1. The van der Waals surface area contributed by atoms with E-state index in [0.717, 1.165) is 11.1 Å². The molecule has 0 saturated carbocycles. The molecule has 3 aromatic rings. The van der Waals surface area contributed by atoms with Crippen LogP contribution in [0.15, 0.2) is 59.0 Å². The van der Waals surface area contributed by atoms with Crippen LogP contribution in [0.3, 0.4) is 0 Å². The Labute approximate surface area is 195 Å². The first-order chi connectivity index (χ1) is 15.9. The highest BCUT2D eigenvalue weighted by Crippen LogP contribution is 2.31. The predicted octanol–water partition coefficient (Wildman–Crippen LogP) is 5.31. The molecule has 33 heavy (non-hydrogen) atoms. The number of anilines is 2. The lowest BCUT2D eigenvalue weighted by Gasteiger charge is -2.30. The second-order valence-electron chi connectivity index (χ2n) is 7.55. The van der Waals surface area contributed by atoms with Gasteiger partial charge in [-0.25, -0.2) is 0 Å². The van der Waals surface area contributed by atoms with Crippen molar-refractivity contribution in [2.24, 2.45) is 0 Å². The minimum atomic E-state index is -0.453. The average molecular weight is 468 g/mol. The zero-order chi connectivity index (χ0) is 23.4. The molecule has 0 radical (unpaired) electrons. The van der Waals surface area contributed by atoms with Gasteiger partial charge in [0.25, 0.3) is 5.69 Å². The normalized spacial score (nSPS) is 13.9. The highest BCUT2D eigenvalue weighted by molar-refractivity contribution is 6.31. The van der Waals surface area contributed by atoms with Gasteiger partial charge in [0.2, 0.25) is 5.91 Å². The number of carbonyl (C=O) groups excluding carboxylic acids is 1. The Morgan fingerprint density at radius 3 is 2.67 bits per heavy atom. The van der Waals surface area contributed by atoms with Crippen LogP contribution >= 0.6 is 11.6 Å². The molecule has 1 aliphatic heterocycles. The first-order valence-electron chi connectivity index (χ1n) is 10.4. The fourth-order valence-corrected chi connectivity index (χ4v) is 3.66. The van der Waals surface area contributed by atoms with Gasteiger partial charge in [-0.3, -0.25) is 14.9 Å². The molecular weight excluding hydrogens is 446 g/mol. The molecule has 1 amide bonds. The number of carbonyl (C=O) groups is 1. The van der Waals surface area contributed by atoms with Crippen molar-refractivity contribution in [1.29, 1.82) is 0 Å². The summed E-state index contributed by atoms with van der Waals surface area (Å²) in [4.78, 5) is 25.3. The lowest BCUT2D eigenvalue weighted by molar-refractivity contribution is -0.384. The standard InChI is InChI=1S/C24H22ClN3O5/c1-16-2-3-17(14-20(16)25)23-8-5-19(33-23)6-9-24(29)26-21-7-4-18(28(30)31)15-22(21)27-10-12-32-13-11-27/h2-9,14-15H,10-13H2,1H3,(H,26,29)/b9-6+. The number of non-ortho nitro benzene ring substituents is 1. The number of rotatable bonds is 6. The zero-order valence-electron chi connectivity index (χ0n) is 17.9. The van der Waals surface area contributed by atoms with Crippen molar-refractivity contribution < 1.29 is 18.9 Å². The number of benzene rings is 2. The Balaban J connectivity index is 1.49. The molecule has 2 aromatic carbocycles. The Hall–Kier alpha value is -3.62. The summed E-state index contributed by atoms with van der Waals surface area (Å²) in [6, 6.07) is 13.6. The minimum absolute atomic E-state index is 0.0376. The summed E-state index contributed by atoms with van der Waals surface area (Å²) >= 11 is 6.19. The second-order valence-corrected chi connectivity index (χ2v) is 7.95. The number of ether oxygens (including phenoxy) is 1. The van der Waals surface area contributed by atoms with Crippen LogP contribution < -0.4 is 10.2 Å². The van der Waals surface area contributed by atoms with Crippen LogP contribution in [0.2, 0.25) is 5.02 Å². The van der Waals surface area contributed by atoms with Crippen LogP contribution in [0.5, 0.6) is 0 Å². The third-order valence-corrected chi connectivity index (χ3v) is 5.69. The molecule has 0 atom stereocenters. The molecule has 9 heteroatoms. The smallest absolute Gasteiger partial charge is 0.271 e. The van der Waals surface area contributed by atoms with Crippen molar-refractivity contribution in [3.05, 3.63) is 81.1 Å². The maximum absolute atomic E-state index is 12.6. The number of nitro benzene ring substituents is 1. The zero-order valence-corrected chi connectivity index (χ0v) is 18.7. The van der Waals surface area contributed by atoms with Crippen molar-refractivity contribution in [1.82, 2.24) is 0 Å². The van der Waals surface area contributed by atoms with E-state index in [1.54, 1.807) is 18.2 Å². The Morgan fingerprint density at radius 1 is 1.15 bits per heavy atom. The van der Waals surface area contributed by atoms with Gasteiger partial charge in [-0.05, 0) is 42.8 Å². The molecule has 2 heterocycles. The highest BCUT2D eigenvalue weighted by atomic mass is 35.5. The number of amides is 1. The van der Waals surface area contributed by atoms with Crippen molar-refractivity contribution in [2.45, 2.75) is 6.92 Å². The first-order valence-corrected chi connectivity index (χ1v) is 10.7. The van der Waals surface area contributed by atoms with Gasteiger partial charge in [-0.15, -0.1) is 0 Å². The number of nitro groups is 1. The molecule has 1 aliphatic rings. The third kappa shape index (κ3) is 5.42. The summed E-state index contributed by atoms with van der Waals surface area (Å²) in [5.74, 6) is 0.769. The SMILES string of the molecule is Cc1ccc(-c2ccc(/C=C/C(=O)Nc3ccc([N+](=O)[O-])cc3N3CCOCC3)o2)cc1Cl. The van der Waals surface area contributed by atoms with Crippen molar-refractivity contribution in [3.8, 4) is 11.3 Å². The van der Waals surface area contributed by atoms with Gasteiger partial charge in [0.1, 0.15) is 11.5 Å². The summed E-state index contributed by atoms with van der Waals surface area (Å²) in [6.45, 7) is 4.12. The summed E-state index contributed by atoms with van der Waals surface area (Å²) in [5, 5.41) is 14.7. The summed E-state index contributed by atoms with van der Waals surface area (Å²) in [5.41, 5.74) is 2.86. The molecule has 0 unspecified atom stereocenters. The Morgan fingerprint density at radius 2 is 1.94 bits per heavy atom. The number of hydrogen-bond acceptors (Lipinski definition) is 6. The van der Waals surface area contributed by atoms with Gasteiger partial charge in [0.15, 0.2) is 0 Å². The van der Waals surface area contributed by atoms with E-state index in [1.807, 2.05) is 36.1 Å². The molecule has 1 saturated heterocycles. The number of nitrogens with one attached hydrogen (secondary N) is 1. The van der Waals surface area contributed by atoms with Crippen LogP contribution in [0.25, 0.3) is 17.4 Å². The first kappa shape index (κ1) is 22.6. The van der Waals surface area contributed by atoms with E-state index in [0.29, 0.717) is 54.2 Å². The van der Waals surface area contributed by atoms with Crippen LogP contribution in [0.1, 0.15) is 11.3 Å². The Bertz CT molecular complexity index is 1210. The van der Waals surface area contributed by atoms with E-state index in [2.05, 4.69) is 5.32 Å². The fourth-order valence-electron chi connectivity index (χ4n) is 3.48. The number of aryl methyl sites for hydroxylation is 1. The monoisotopic (exact) mass is 467 g/mol. The molecule has 170 valence electrons. The molecule has 4 rings (SSSR count). The maximum atomic E-state index is 12.6. The number of morpholine rings is 1. The van der Waals surface area contributed by atoms with Crippen molar-refractivity contribution in [2.75, 3.05) is 36.5 Å². The van der Waals surface area contributed by atoms with Gasteiger partial charge in [0.05, 0.1) is 29.5 Å². The van der Waals surface area contributed by atoms with Gasteiger partial charge in [-0.2, -0.15) is 0 Å². The van der Waals surface area contributed by atoms with Crippen LogP contribution in [-0.2, 0) is 9.53 Å². The molecule has 0 spiro atoms. The van der Waals surface area contributed by atoms with E-state index in [-0.39, 0.29) is 11.6 Å². The highest BCUT2D eigenvalue weighted by Gasteiger charge is 2.19. The van der Waals surface area contributed by atoms with E-state index in [9.17, 15) is 14.9 Å². The van der Waals surface area contributed by atoms with Crippen LogP contribution in [0.4, 0.5) is 17.1 Å². The number of furan rings is 1. The van der Waals surface area contributed by atoms with Crippen molar-refractivity contribution in [3.63, 3.8) is 0 Å². The lowest BCUT2D eigenvalue weighted by atomic mass is 10.1. The van der Waals surface area contributed by atoms with Crippen molar-refractivity contribution >= 4 is 40.6 Å². The summed E-state index contributed by atoms with van der Waals surface area (Å²) in [7, 11) is 0. The molecule has 0 aliphatic carbocycles. The molecule has 1 N–H and O–H groups in total. The summed E-state index contributed by atoms with van der Waals surface area (Å²) < 4.78 is 11.2. The molecule has 1 aromatic heterocycles. The topological polar surface area (TPSA) is 97.8 Å². The Kier molecular flexibility index (Phi) is 6.76. The van der Waals surface area contributed by atoms with E-state index < -0.39 is 4.92 Å². The van der Waals surface area contributed by atoms with E-state index in [4.69, 9.17) is 20.8 Å². The second kappa shape index (κ2) is 9.89. The number of hydrogen-bond donors (Lipinski definition) is 1. The van der Waals surface area contributed by atoms with Gasteiger partial charge < -0.3 is 19.4 Å². The molecule has 0 bridgehead atoms. The number of nitrogens with zero attached hydrogens (tertiary/aromatic N) is 2. The van der Waals surface area contributed by atoms with Crippen LogP contribution in [0, 0.1) is 17.0 Å². The fraction of sp³-hybridized carbons (Fsp3) is 0.208.